The van der Waals surface area contributed by atoms with Crippen LogP contribution in [0.5, 0.6) is 0 Å². The smallest absolute Gasteiger partial charge is 0.0991 e. The Hall–Kier alpha value is -1.09. The van der Waals surface area contributed by atoms with Crippen LogP contribution < -0.4 is 5.73 Å². The zero-order valence-electron chi connectivity index (χ0n) is 14.7. The van der Waals surface area contributed by atoms with Crippen LogP contribution in [0.3, 0.4) is 0 Å². The van der Waals surface area contributed by atoms with E-state index >= 15 is 0 Å². The summed E-state index contributed by atoms with van der Waals surface area (Å²) in [5.74, 6) is 0.617. The summed E-state index contributed by atoms with van der Waals surface area (Å²) in [6.07, 6.45) is 4.31. The van der Waals surface area contributed by atoms with Crippen LogP contribution in [-0.2, 0) is 6.42 Å². The lowest BCUT2D eigenvalue weighted by Gasteiger charge is -2.32. The quantitative estimate of drug-likeness (QED) is 0.742. The van der Waals surface area contributed by atoms with E-state index in [2.05, 4.69) is 29.2 Å². The minimum Gasteiger partial charge on any atom is -0.327 e. The maximum absolute atomic E-state index is 8.90. The lowest BCUT2D eigenvalue weighted by molar-refractivity contribution is 0.205. The van der Waals surface area contributed by atoms with Gasteiger partial charge in [0.1, 0.15) is 0 Å². The molecule has 1 aliphatic heterocycles. The lowest BCUT2D eigenvalue weighted by atomic mass is 9.89. The summed E-state index contributed by atoms with van der Waals surface area (Å²) in [5.41, 5.74) is 8.39. The Morgan fingerprint density at radius 2 is 1.88 bits per heavy atom. The Bertz CT molecular complexity index is 715. The van der Waals surface area contributed by atoms with Crippen molar-refractivity contribution in [2.24, 2.45) is 5.73 Å². The third kappa shape index (κ3) is 5.97. The van der Waals surface area contributed by atoms with Gasteiger partial charge in [-0.1, -0.05) is 23.7 Å². The van der Waals surface area contributed by atoms with Gasteiger partial charge in [-0.2, -0.15) is 5.26 Å². The lowest BCUT2D eigenvalue weighted by Crippen LogP contribution is -2.36. The number of hydrogen-bond donors (Lipinski definition) is 1. The molecule has 3 nitrogen and oxygen atoms in total. The molecule has 0 radical (unpaired) electrons. The number of benzene rings is 1. The number of halogens is 2. The van der Waals surface area contributed by atoms with Gasteiger partial charge in [-0.25, -0.2) is 0 Å². The van der Waals surface area contributed by atoms with Crippen molar-refractivity contribution in [3.05, 3.63) is 56.7 Å². The Morgan fingerprint density at radius 1 is 1.19 bits per heavy atom. The van der Waals surface area contributed by atoms with Gasteiger partial charge in [0.2, 0.25) is 0 Å². The molecule has 0 saturated carbocycles. The zero-order valence-corrected chi connectivity index (χ0v) is 17.1. The predicted octanol–water partition coefficient (Wildman–Crippen LogP) is 4.83. The van der Waals surface area contributed by atoms with E-state index in [9.17, 15) is 0 Å². The largest absolute Gasteiger partial charge is 0.327 e. The molecule has 140 valence electrons. The molecule has 2 aromatic rings. The first-order valence-corrected chi connectivity index (χ1v) is 10.1. The summed E-state index contributed by atoms with van der Waals surface area (Å²) < 4.78 is 0.840. The van der Waals surface area contributed by atoms with E-state index in [4.69, 9.17) is 22.6 Å². The van der Waals surface area contributed by atoms with E-state index < -0.39 is 0 Å². The molecule has 1 aliphatic rings. The molecule has 0 unspecified atom stereocenters. The van der Waals surface area contributed by atoms with Crippen LogP contribution in [-0.4, -0.2) is 30.6 Å². The van der Waals surface area contributed by atoms with E-state index in [0.29, 0.717) is 5.92 Å². The first-order valence-electron chi connectivity index (χ1n) is 8.86. The number of nitriles is 1. The van der Waals surface area contributed by atoms with Gasteiger partial charge in [0, 0.05) is 10.9 Å². The highest BCUT2D eigenvalue weighted by Gasteiger charge is 2.21. The van der Waals surface area contributed by atoms with E-state index in [-0.39, 0.29) is 18.4 Å². The molecule has 3 rings (SSSR count). The van der Waals surface area contributed by atoms with Crippen LogP contribution in [0.2, 0.25) is 4.34 Å². The number of piperidine rings is 1. The highest BCUT2D eigenvalue weighted by Crippen LogP contribution is 2.28. The van der Waals surface area contributed by atoms with Gasteiger partial charge in [0.05, 0.1) is 16.0 Å². The normalized spacial score (nSPS) is 16.7. The van der Waals surface area contributed by atoms with Crippen molar-refractivity contribution in [3.8, 4) is 6.07 Å². The highest BCUT2D eigenvalue weighted by atomic mass is 35.5. The summed E-state index contributed by atoms with van der Waals surface area (Å²) >= 11 is 7.61. The molecule has 2 heterocycles. The van der Waals surface area contributed by atoms with Crippen molar-refractivity contribution in [1.82, 2.24) is 4.90 Å². The first kappa shape index (κ1) is 21.2. The van der Waals surface area contributed by atoms with Gasteiger partial charge in [-0.15, -0.1) is 23.7 Å². The maximum Gasteiger partial charge on any atom is 0.0991 e. The van der Waals surface area contributed by atoms with Gasteiger partial charge < -0.3 is 10.6 Å². The number of nitrogens with two attached hydrogens (primary N) is 1. The van der Waals surface area contributed by atoms with Crippen molar-refractivity contribution >= 4 is 35.3 Å². The monoisotopic (exact) mass is 409 g/mol. The summed E-state index contributed by atoms with van der Waals surface area (Å²) in [5, 5.41) is 8.90. The van der Waals surface area contributed by atoms with Crippen molar-refractivity contribution < 1.29 is 0 Å². The molecule has 1 aromatic heterocycles. The first-order chi connectivity index (χ1) is 12.1. The third-order valence-electron chi connectivity index (χ3n) is 5.01. The molecule has 0 bridgehead atoms. The van der Waals surface area contributed by atoms with Gasteiger partial charge in [-0.05, 0) is 81.1 Å². The average Bonchev–Trinajstić information content (AvgIpc) is 3.05. The zero-order chi connectivity index (χ0) is 17.6. The second-order valence-corrected chi connectivity index (χ2v) is 8.61. The van der Waals surface area contributed by atoms with Gasteiger partial charge >= 0.3 is 0 Å². The van der Waals surface area contributed by atoms with Gasteiger partial charge in [-0.3, -0.25) is 0 Å². The molecule has 1 saturated heterocycles. The molecule has 1 aromatic carbocycles. The van der Waals surface area contributed by atoms with Crippen LogP contribution in [0.25, 0.3) is 0 Å². The third-order valence-corrected chi connectivity index (χ3v) is 6.26. The summed E-state index contributed by atoms with van der Waals surface area (Å²) in [4.78, 5) is 3.80. The second-order valence-electron chi connectivity index (χ2n) is 6.81. The van der Waals surface area contributed by atoms with Crippen LogP contribution in [0, 0.1) is 11.3 Å². The number of rotatable bonds is 6. The maximum atomic E-state index is 8.90. The molecule has 0 amide bonds. The average molecular weight is 410 g/mol. The van der Waals surface area contributed by atoms with Crippen LogP contribution in [0.1, 0.15) is 41.2 Å². The van der Waals surface area contributed by atoms with Gasteiger partial charge in [0.15, 0.2) is 0 Å². The molecule has 1 atom stereocenters. The Labute approximate surface area is 171 Å². The van der Waals surface area contributed by atoms with E-state index in [1.54, 1.807) is 11.3 Å². The van der Waals surface area contributed by atoms with Crippen molar-refractivity contribution in [2.75, 3.05) is 19.6 Å². The molecular weight excluding hydrogens is 385 g/mol. The second kappa shape index (κ2) is 10.3. The number of nitrogens with zero attached hydrogens (tertiary/aromatic N) is 2. The molecular formula is C20H25Cl2N3S. The molecule has 1 fully saturated rings. The topological polar surface area (TPSA) is 53.0 Å². The SMILES string of the molecule is Cl.N#Cc1ccc(C2CCN(CC[C@H](N)Cc3ccc(Cl)s3)CC2)cc1. The minimum atomic E-state index is 0. The number of likely N-dealkylation sites (tertiary alicyclic amines) is 1. The van der Waals surface area contributed by atoms with Crippen LogP contribution in [0.4, 0.5) is 0 Å². The van der Waals surface area contributed by atoms with Crippen LogP contribution >= 0.6 is 35.3 Å². The van der Waals surface area contributed by atoms with Crippen LogP contribution in [0.15, 0.2) is 36.4 Å². The van der Waals surface area contributed by atoms with Gasteiger partial charge in [0.25, 0.3) is 0 Å². The summed E-state index contributed by atoms with van der Waals surface area (Å²) in [6, 6.07) is 14.5. The van der Waals surface area contributed by atoms with E-state index in [1.807, 2.05) is 18.2 Å². The van der Waals surface area contributed by atoms with E-state index in [1.165, 1.54) is 23.3 Å². The molecule has 26 heavy (non-hydrogen) atoms. The Morgan fingerprint density at radius 3 is 2.46 bits per heavy atom. The Balaban J connectivity index is 0.00000243. The molecule has 0 spiro atoms. The fraction of sp³-hybridized carbons (Fsp3) is 0.450. The molecule has 6 heteroatoms. The fourth-order valence-electron chi connectivity index (χ4n) is 3.49. The highest BCUT2D eigenvalue weighted by molar-refractivity contribution is 7.16. The summed E-state index contributed by atoms with van der Waals surface area (Å²) in [7, 11) is 0. The number of hydrogen-bond acceptors (Lipinski definition) is 4. The van der Waals surface area contributed by atoms with Crippen molar-refractivity contribution in [2.45, 2.75) is 37.6 Å². The standard InChI is InChI=1S/C20H24ClN3S.ClH/c21-20-6-5-19(25-20)13-18(23)9-12-24-10-7-17(8-11-24)16-3-1-15(14-22)2-4-16;/h1-6,17-18H,7-13,23H2;1H/t18-;/m0./s1. The predicted molar refractivity (Wildman–Crippen MR) is 112 cm³/mol. The molecule has 0 aliphatic carbocycles. The minimum absolute atomic E-state index is 0. The van der Waals surface area contributed by atoms with Crippen molar-refractivity contribution in [1.29, 1.82) is 5.26 Å². The number of thiophene rings is 1. The Kier molecular flexibility index (Phi) is 8.40. The molecule has 2 N–H and O–H groups in total. The summed E-state index contributed by atoms with van der Waals surface area (Å²) in [6.45, 7) is 3.32. The van der Waals surface area contributed by atoms with E-state index in [0.717, 1.165) is 42.4 Å². The van der Waals surface area contributed by atoms with Crippen molar-refractivity contribution in [3.63, 3.8) is 0 Å². The fourth-order valence-corrected chi connectivity index (χ4v) is 4.67.